The zero-order valence-corrected chi connectivity index (χ0v) is 18.7. The van der Waals surface area contributed by atoms with Crippen molar-refractivity contribution in [3.63, 3.8) is 0 Å². The molecule has 0 radical (unpaired) electrons. The monoisotopic (exact) mass is 403 g/mol. The summed E-state index contributed by atoms with van der Waals surface area (Å²) in [5.41, 5.74) is 2.89. The second-order valence-electron chi connectivity index (χ2n) is 8.68. The van der Waals surface area contributed by atoms with Gasteiger partial charge in [-0.3, -0.25) is 4.98 Å². The summed E-state index contributed by atoms with van der Waals surface area (Å²) in [4.78, 5) is 3.28. The molecule has 0 saturated carbocycles. The van der Waals surface area contributed by atoms with Gasteiger partial charge in [-0.25, -0.2) is 4.57 Å². The molecule has 0 fully saturated rings. The van der Waals surface area contributed by atoms with Crippen LogP contribution in [-0.2, 0) is 12.8 Å². The third kappa shape index (κ3) is 7.48. The first-order valence-electron chi connectivity index (χ1n) is 12.0. The number of hydrogen-bond acceptors (Lipinski definition) is 0. The Morgan fingerprint density at radius 3 is 1.83 bits per heavy atom. The molecule has 0 aliphatic carbocycles. The maximum absolute atomic E-state index is 3.28. The van der Waals surface area contributed by atoms with Crippen LogP contribution in [0.3, 0.4) is 0 Å². The van der Waals surface area contributed by atoms with Crippen molar-refractivity contribution in [2.75, 3.05) is 0 Å². The van der Waals surface area contributed by atoms with Crippen LogP contribution in [0.5, 0.6) is 0 Å². The number of aromatic amines is 1. The Hall–Kier alpha value is -2.35. The number of imidazole rings is 1. The summed E-state index contributed by atoms with van der Waals surface area (Å²) in [6.07, 6.45) is 19.5. The van der Waals surface area contributed by atoms with E-state index in [0.29, 0.717) is 12.0 Å². The second kappa shape index (κ2) is 13.1. The van der Waals surface area contributed by atoms with E-state index < -0.39 is 0 Å². The van der Waals surface area contributed by atoms with Crippen LogP contribution in [0.1, 0.15) is 75.5 Å². The van der Waals surface area contributed by atoms with Crippen LogP contribution in [0.15, 0.2) is 79.4 Å². The lowest BCUT2D eigenvalue weighted by atomic mass is 9.84. The van der Waals surface area contributed by atoms with Gasteiger partial charge in [-0.2, -0.15) is 0 Å². The maximum Gasteiger partial charge on any atom is 0.241 e. The molecular weight excluding hydrogens is 364 g/mol. The van der Waals surface area contributed by atoms with E-state index in [1.807, 2.05) is 0 Å². The van der Waals surface area contributed by atoms with Gasteiger partial charge in [-0.05, 0) is 36.8 Å². The molecule has 0 aliphatic heterocycles. The van der Waals surface area contributed by atoms with Gasteiger partial charge in [0.1, 0.15) is 18.4 Å². The third-order valence-electron chi connectivity index (χ3n) is 6.28. The number of nitrogens with zero attached hydrogens (tertiary/aromatic N) is 1. The van der Waals surface area contributed by atoms with Crippen LogP contribution in [-0.4, -0.2) is 4.98 Å². The van der Waals surface area contributed by atoms with E-state index in [2.05, 4.69) is 95.9 Å². The van der Waals surface area contributed by atoms with Gasteiger partial charge in [0.15, 0.2) is 0 Å². The molecule has 2 nitrogen and oxygen atoms in total. The fourth-order valence-electron chi connectivity index (χ4n) is 4.62. The lowest BCUT2D eigenvalue weighted by Gasteiger charge is -2.25. The molecule has 1 unspecified atom stereocenters. The first kappa shape index (κ1) is 22.3. The first-order valence-corrected chi connectivity index (χ1v) is 12.0. The summed E-state index contributed by atoms with van der Waals surface area (Å²) in [6, 6.07) is 22.6. The van der Waals surface area contributed by atoms with E-state index in [-0.39, 0.29) is 0 Å². The molecule has 2 heteroatoms. The molecule has 0 bridgehead atoms. The van der Waals surface area contributed by atoms with Gasteiger partial charge in [-0.1, -0.05) is 106 Å². The summed E-state index contributed by atoms with van der Waals surface area (Å²) >= 11 is 0. The van der Waals surface area contributed by atoms with Crippen LogP contribution >= 0.6 is 0 Å². The molecule has 2 aromatic carbocycles. The molecule has 1 heterocycles. The minimum atomic E-state index is 0.521. The van der Waals surface area contributed by atoms with Crippen molar-refractivity contribution in [3.05, 3.63) is 90.5 Å². The van der Waals surface area contributed by atoms with Crippen LogP contribution < -0.4 is 4.57 Å². The lowest BCUT2D eigenvalue weighted by Crippen LogP contribution is -2.43. The number of H-pyrrole nitrogens is 1. The van der Waals surface area contributed by atoms with E-state index in [4.69, 9.17) is 0 Å². The smallest absolute Gasteiger partial charge is 0.241 e. The summed E-state index contributed by atoms with van der Waals surface area (Å²) in [5.74, 6) is 0.579. The highest BCUT2D eigenvalue weighted by Crippen LogP contribution is 2.27. The van der Waals surface area contributed by atoms with Crippen molar-refractivity contribution in [1.82, 2.24) is 4.98 Å². The Balaban J connectivity index is 1.69. The van der Waals surface area contributed by atoms with Crippen LogP contribution in [0.2, 0.25) is 0 Å². The molecule has 160 valence electrons. The van der Waals surface area contributed by atoms with Gasteiger partial charge in [0.2, 0.25) is 6.33 Å². The van der Waals surface area contributed by atoms with Gasteiger partial charge in [0.25, 0.3) is 0 Å². The number of unbranched alkanes of at least 4 members (excludes halogenated alkanes) is 6. The van der Waals surface area contributed by atoms with Gasteiger partial charge in [0.05, 0.1) is 0 Å². The van der Waals surface area contributed by atoms with Gasteiger partial charge in [0, 0.05) is 5.92 Å². The molecule has 0 spiro atoms. The first-order chi connectivity index (χ1) is 14.9. The Bertz CT molecular complexity index is 739. The van der Waals surface area contributed by atoms with Crippen LogP contribution in [0.4, 0.5) is 0 Å². The summed E-state index contributed by atoms with van der Waals surface area (Å²) < 4.78 is 2.42. The van der Waals surface area contributed by atoms with E-state index >= 15 is 0 Å². The fraction of sp³-hybridized carbons (Fsp3) is 0.464. The summed E-state index contributed by atoms with van der Waals surface area (Å²) in [7, 11) is 0. The van der Waals surface area contributed by atoms with E-state index in [9.17, 15) is 0 Å². The van der Waals surface area contributed by atoms with Crippen molar-refractivity contribution in [3.8, 4) is 0 Å². The average molecular weight is 404 g/mol. The van der Waals surface area contributed by atoms with E-state index in [1.165, 1.54) is 62.5 Å². The van der Waals surface area contributed by atoms with Crippen molar-refractivity contribution in [2.45, 2.75) is 77.2 Å². The minimum Gasteiger partial charge on any atom is -0.250 e. The highest BCUT2D eigenvalue weighted by molar-refractivity contribution is 5.18. The van der Waals surface area contributed by atoms with Gasteiger partial charge >= 0.3 is 0 Å². The molecule has 30 heavy (non-hydrogen) atoms. The number of hydrogen-bond donors (Lipinski definition) is 1. The number of benzene rings is 2. The average Bonchev–Trinajstić information content (AvgIpc) is 3.31. The normalized spacial score (nSPS) is 12.3. The van der Waals surface area contributed by atoms with Crippen LogP contribution in [0.25, 0.3) is 0 Å². The summed E-state index contributed by atoms with van der Waals surface area (Å²) in [6.45, 7) is 2.29. The molecule has 3 rings (SSSR count). The highest BCUT2D eigenvalue weighted by Gasteiger charge is 2.27. The molecular formula is C28H39N2+. The third-order valence-corrected chi connectivity index (χ3v) is 6.28. The summed E-state index contributed by atoms with van der Waals surface area (Å²) in [5, 5.41) is 0. The molecule has 1 N–H and O–H groups in total. The fourth-order valence-corrected chi connectivity index (χ4v) is 4.62. The van der Waals surface area contributed by atoms with Crippen LogP contribution in [0, 0.1) is 5.92 Å². The van der Waals surface area contributed by atoms with Crippen molar-refractivity contribution in [2.24, 2.45) is 5.92 Å². The predicted molar refractivity (Wildman–Crippen MR) is 126 cm³/mol. The molecule has 1 aromatic heterocycles. The Kier molecular flexibility index (Phi) is 9.72. The molecule has 0 aliphatic rings. The predicted octanol–water partition coefficient (Wildman–Crippen LogP) is 7.09. The minimum absolute atomic E-state index is 0.521. The second-order valence-corrected chi connectivity index (χ2v) is 8.68. The van der Waals surface area contributed by atoms with Gasteiger partial charge in [-0.15, -0.1) is 0 Å². The number of aromatic nitrogens is 2. The zero-order valence-electron chi connectivity index (χ0n) is 18.7. The van der Waals surface area contributed by atoms with Crippen molar-refractivity contribution < 1.29 is 4.57 Å². The topological polar surface area (TPSA) is 19.7 Å². The molecule has 0 saturated heterocycles. The van der Waals surface area contributed by atoms with E-state index in [0.717, 1.165) is 12.8 Å². The number of rotatable bonds is 14. The standard InChI is InChI=1S/C28H38N2/c1-2-3-4-5-6-7-14-19-28(30-21-20-29-24-30)27(22-25-15-10-8-11-16-25)23-26-17-12-9-13-18-26/h8-13,15-18,20-21,24,27-28H,2-7,14,19,22-23H2,1H3/p+1. The zero-order chi connectivity index (χ0) is 20.9. The largest absolute Gasteiger partial charge is 0.250 e. The number of nitrogens with one attached hydrogen (secondary N) is 1. The Morgan fingerprint density at radius 1 is 0.733 bits per heavy atom. The maximum atomic E-state index is 3.28. The van der Waals surface area contributed by atoms with Crippen molar-refractivity contribution in [1.29, 1.82) is 0 Å². The van der Waals surface area contributed by atoms with Gasteiger partial charge < -0.3 is 0 Å². The van der Waals surface area contributed by atoms with E-state index in [1.54, 1.807) is 0 Å². The van der Waals surface area contributed by atoms with Crippen molar-refractivity contribution >= 4 is 0 Å². The Labute approximate surface area is 183 Å². The Morgan fingerprint density at radius 2 is 1.30 bits per heavy atom. The SMILES string of the molecule is CCCCCCCCCC(C(Cc1ccccc1)Cc1ccccc1)[n+]1cc[nH]c1. The molecule has 0 amide bonds. The molecule has 3 aromatic rings. The highest BCUT2D eigenvalue weighted by atomic mass is 15.1. The quantitative estimate of drug-likeness (QED) is 0.219. The molecule has 1 atom stereocenters. The lowest BCUT2D eigenvalue weighted by molar-refractivity contribution is -0.729.